The number of carboxylic acids is 1. The van der Waals surface area contributed by atoms with Crippen LogP contribution >= 0.6 is 11.3 Å². The Morgan fingerprint density at radius 3 is 2.72 bits per heavy atom. The summed E-state index contributed by atoms with van der Waals surface area (Å²) in [5.41, 5.74) is 2.01. The van der Waals surface area contributed by atoms with Crippen LogP contribution < -0.4 is 61.2 Å². The van der Waals surface area contributed by atoms with E-state index in [0.717, 1.165) is 39.9 Å². The molecule has 7 nitrogen and oxygen atoms in total. The SMILES string of the molecule is CC1CCCN1CCCOc1ccc(-c2nc3c(s2)CN(C(=O)CC(=O)[O-])CC3)cc1.[K+]. The molecule has 1 amide bonds. The van der Waals surface area contributed by atoms with Crippen LogP contribution in [0.1, 0.15) is 43.2 Å². The minimum atomic E-state index is -1.34. The zero-order chi connectivity index (χ0) is 21.8. The summed E-state index contributed by atoms with van der Waals surface area (Å²) in [6.45, 7) is 6.21. The fourth-order valence-corrected chi connectivity index (χ4v) is 5.37. The van der Waals surface area contributed by atoms with Gasteiger partial charge in [0, 0.05) is 36.0 Å². The van der Waals surface area contributed by atoms with E-state index < -0.39 is 18.3 Å². The summed E-state index contributed by atoms with van der Waals surface area (Å²) in [5, 5.41) is 11.6. The molecule has 1 aromatic carbocycles. The van der Waals surface area contributed by atoms with Crippen molar-refractivity contribution in [3.8, 4) is 16.3 Å². The second-order valence-corrected chi connectivity index (χ2v) is 9.34. The molecule has 1 atom stereocenters. The molecule has 1 aromatic heterocycles. The molecule has 4 rings (SSSR count). The molecular formula is C23H28KN3O4S. The molecule has 1 unspecified atom stereocenters. The minimum absolute atomic E-state index is 0. The summed E-state index contributed by atoms with van der Waals surface area (Å²) in [5.74, 6) is -0.881. The third-order valence-corrected chi connectivity index (χ3v) is 7.16. The number of hydrogen-bond acceptors (Lipinski definition) is 7. The van der Waals surface area contributed by atoms with Gasteiger partial charge in [0.25, 0.3) is 0 Å². The van der Waals surface area contributed by atoms with Gasteiger partial charge in [0.15, 0.2) is 0 Å². The van der Waals surface area contributed by atoms with Gasteiger partial charge in [-0.25, -0.2) is 4.98 Å². The molecule has 3 heterocycles. The molecular weight excluding hydrogens is 453 g/mol. The van der Waals surface area contributed by atoms with Crippen LogP contribution in [0.4, 0.5) is 0 Å². The average Bonchev–Trinajstić information content (AvgIpc) is 3.36. The molecule has 0 bridgehead atoms. The Hall–Kier alpha value is -0.814. The average molecular weight is 482 g/mol. The number of fused-ring (bicyclic) bond motifs is 1. The fourth-order valence-electron chi connectivity index (χ4n) is 4.24. The van der Waals surface area contributed by atoms with Crippen LogP contribution in [0.5, 0.6) is 5.75 Å². The Labute approximate surface area is 235 Å². The van der Waals surface area contributed by atoms with Gasteiger partial charge < -0.3 is 24.4 Å². The Balaban J connectivity index is 0.00000289. The summed E-state index contributed by atoms with van der Waals surface area (Å²) >= 11 is 1.56. The van der Waals surface area contributed by atoms with E-state index in [-0.39, 0.29) is 51.4 Å². The van der Waals surface area contributed by atoms with Gasteiger partial charge in [-0.05, 0) is 57.0 Å². The maximum absolute atomic E-state index is 12.0. The third-order valence-electron chi connectivity index (χ3n) is 6.03. The third kappa shape index (κ3) is 6.62. The molecule has 2 aliphatic heterocycles. The molecule has 2 aromatic rings. The first-order chi connectivity index (χ1) is 15.0. The van der Waals surface area contributed by atoms with E-state index in [1.54, 1.807) is 16.2 Å². The zero-order valence-electron chi connectivity index (χ0n) is 18.8. The van der Waals surface area contributed by atoms with Crippen molar-refractivity contribution < 1.29 is 70.8 Å². The van der Waals surface area contributed by atoms with E-state index in [2.05, 4.69) is 11.8 Å². The van der Waals surface area contributed by atoms with Crippen molar-refractivity contribution in [1.29, 1.82) is 0 Å². The topological polar surface area (TPSA) is 85.8 Å². The number of rotatable bonds is 8. The molecule has 1 fully saturated rings. The van der Waals surface area contributed by atoms with Crippen LogP contribution in [-0.4, -0.2) is 58.9 Å². The predicted octanol–water partition coefficient (Wildman–Crippen LogP) is -0.908. The zero-order valence-corrected chi connectivity index (χ0v) is 22.8. The number of aliphatic carboxylic acids is 1. The van der Waals surface area contributed by atoms with Crippen LogP contribution in [-0.2, 0) is 22.6 Å². The Morgan fingerprint density at radius 1 is 1.25 bits per heavy atom. The summed E-state index contributed by atoms with van der Waals surface area (Å²) in [6, 6.07) is 8.68. The van der Waals surface area contributed by atoms with Gasteiger partial charge in [0.2, 0.25) is 5.91 Å². The van der Waals surface area contributed by atoms with Gasteiger partial charge >= 0.3 is 51.4 Å². The van der Waals surface area contributed by atoms with E-state index in [1.165, 1.54) is 19.4 Å². The van der Waals surface area contributed by atoms with Gasteiger partial charge in [0.1, 0.15) is 10.8 Å². The van der Waals surface area contributed by atoms with Gasteiger partial charge in [-0.1, -0.05) is 0 Å². The van der Waals surface area contributed by atoms with Crippen molar-refractivity contribution >= 4 is 23.2 Å². The molecule has 32 heavy (non-hydrogen) atoms. The fraction of sp³-hybridized carbons (Fsp3) is 0.522. The van der Waals surface area contributed by atoms with E-state index in [0.29, 0.717) is 32.2 Å². The smallest absolute Gasteiger partial charge is 0.550 e. The molecule has 0 spiro atoms. The molecule has 0 radical (unpaired) electrons. The van der Waals surface area contributed by atoms with Crippen molar-refractivity contribution in [2.75, 3.05) is 26.2 Å². The number of likely N-dealkylation sites (tertiary alicyclic amines) is 1. The number of hydrogen-bond donors (Lipinski definition) is 0. The Bertz CT molecular complexity index is 934. The van der Waals surface area contributed by atoms with Gasteiger partial charge in [0.05, 0.1) is 31.2 Å². The predicted molar refractivity (Wildman–Crippen MR) is 117 cm³/mol. The first kappa shape index (κ1) is 25.8. The van der Waals surface area contributed by atoms with Gasteiger partial charge in [-0.15, -0.1) is 11.3 Å². The first-order valence-corrected chi connectivity index (χ1v) is 11.7. The number of carboxylic acid groups (broad SMARTS) is 1. The number of thiazole rings is 1. The van der Waals surface area contributed by atoms with Crippen LogP contribution in [0, 0.1) is 0 Å². The summed E-state index contributed by atoms with van der Waals surface area (Å²) in [7, 11) is 0. The Kier molecular flexibility index (Phi) is 9.72. The van der Waals surface area contributed by atoms with E-state index in [9.17, 15) is 14.7 Å². The van der Waals surface area contributed by atoms with Crippen LogP contribution in [0.2, 0.25) is 0 Å². The summed E-state index contributed by atoms with van der Waals surface area (Å²) in [6.07, 6.45) is 3.70. The molecule has 0 saturated carbocycles. The number of carbonyl (C=O) groups excluding carboxylic acids is 2. The summed E-state index contributed by atoms with van der Waals surface area (Å²) in [4.78, 5) is 32.6. The number of ether oxygens (including phenoxy) is 1. The van der Waals surface area contributed by atoms with Gasteiger partial charge in [-0.2, -0.15) is 0 Å². The van der Waals surface area contributed by atoms with Crippen LogP contribution in [0.15, 0.2) is 24.3 Å². The van der Waals surface area contributed by atoms with Gasteiger partial charge in [-0.3, -0.25) is 4.79 Å². The number of nitrogens with zero attached hydrogens (tertiary/aromatic N) is 3. The maximum Gasteiger partial charge on any atom is 1.00 e. The first-order valence-electron chi connectivity index (χ1n) is 10.9. The number of benzene rings is 1. The standard InChI is InChI=1S/C23H29N3O4S.K/c1-16-4-2-10-25(16)11-3-13-30-18-7-5-17(6-8-18)23-24-19-9-12-26(15-20(19)31-23)21(27)14-22(28)29;/h5-8,16H,2-4,9-15H2,1H3,(H,28,29);/q;+1/p-1. The number of aromatic nitrogens is 1. The van der Waals surface area contributed by atoms with Crippen molar-refractivity contribution in [3.63, 3.8) is 0 Å². The second-order valence-electron chi connectivity index (χ2n) is 8.26. The molecule has 166 valence electrons. The van der Waals surface area contributed by atoms with Crippen molar-refractivity contribution in [1.82, 2.24) is 14.8 Å². The minimum Gasteiger partial charge on any atom is -0.550 e. The molecule has 9 heteroatoms. The largest absolute Gasteiger partial charge is 1.00 e. The summed E-state index contributed by atoms with van der Waals surface area (Å²) < 4.78 is 5.90. The van der Waals surface area contributed by atoms with Crippen LogP contribution in [0.3, 0.4) is 0 Å². The second kappa shape index (κ2) is 12.1. The number of amides is 1. The van der Waals surface area contributed by atoms with Crippen molar-refractivity contribution in [2.45, 2.75) is 51.6 Å². The van der Waals surface area contributed by atoms with E-state index in [1.807, 2.05) is 24.3 Å². The Morgan fingerprint density at radius 2 is 2.03 bits per heavy atom. The maximum atomic E-state index is 12.0. The molecule has 2 aliphatic rings. The quantitative estimate of drug-likeness (QED) is 0.276. The number of carbonyl (C=O) groups is 2. The van der Waals surface area contributed by atoms with E-state index in [4.69, 9.17) is 9.72 Å². The normalized spacial score (nSPS) is 18.2. The van der Waals surface area contributed by atoms with E-state index >= 15 is 0 Å². The van der Waals surface area contributed by atoms with Crippen LogP contribution in [0.25, 0.3) is 10.6 Å². The monoisotopic (exact) mass is 481 g/mol. The van der Waals surface area contributed by atoms with Crippen molar-refractivity contribution in [3.05, 3.63) is 34.8 Å². The molecule has 0 N–H and O–H groups in total. The molecule has 1 saturated heterocycles. The van der Waals surface area contributed by atoms with Crippen molar-refractivity contribution in [2.24, 2.45) is 0 Å². The molecule has 0 aliphatic carbocycles.